The molecule has 0 bridgehead atoms. The Labute approximate surface area is 539 Å². The number of fused-ring (bicyclic) bond motifs is 4. The van der Waals surface area contributed by atoms with Crippen LogP contribution in [0.4, 0.5) is 0 Å². The van der Waals surface area contributed by atoms with E-state index in [0.717, 1.165) is 115 Å². The van der Waals surface area contributed by atoms with Gasteiger partial charge in [-0.25, -0.2) is 9.48 Å². The molecule has 2 aliphatic heterocycles. The summed E-state index contributed by atoms with van der Waals surface area (Å²) in [6, 6.07) is 67.9. The number of allylic oxidation sites excluding steroid dienone is 1. The molecule has 0 saturated carbocycles. The van der Waals surface area contributed by atoms with Crippen molar-refractivity contribution in [3.63, 3.8) is 0 Å². The van der Waals surface area contributed by atoms with Crippen molar-refractivity contribution in [2.24, 2.45) is 0 Å². The molecule has 2 fully saturated rings. The van der Waals surface area contributed by atoms with Gasteiger partial charge >= 0.3 is 5.97 Å². The minimum atomic E-state index is -0.874. The number of benzene rings is 8. The van der Waals surface area contributed by atoms with E-state index >= 15 is 0 Å². The van der Waals surface area contributed by atoms with Crippen LogP contribution < -0.4 is 0 Å². The fraction of sp³-hybridized carbons (Fsp3) is 0.230. The van der Waals surface area contributed by atoms with Gasteiger partial charge in [0.2, 0.25) is 5.91 Å². The number of aromatic nitrogens is 8. The molecule has 14 rings (SSSR count). The number of amides is 1. The van der Waals surface area contributed by atoms with Crippen LogP contribution in [-0.4, -0.2) is 102 Å². The maximum atomic E-state index is 12.6. The highest BCUT2D eigenvalue weighted by Gasteiger charge is 2.34. The Morgan fingerprint density at radius 1 is 0.549 bits per heavy atom. The normalized spacial score (nSPS) is 13.8. The van der Waals surface area contributed by atoms with Crippen molar-refractivity contribution in [3.05, 3.63) is 229 Å². The first-order valence-corrected chi connectivity index (χ1v) is 31.3. The van der Waals surface area contributed by atoms with E-state index in [1.165, 1.54) is 12.5 Å². The quantitative estimate of drug-likeness (QED) is 0.0961. The van der Waals surface area contributed by atoms with E-state index < -0.39 is 5.54 Å². The Morgan fingerprint density at radius 3 is 1.48 bits per heavy atom. The number of unbranched alkanes of at least 4 members (excludes halogenated alkanes) is 1. The number of hydrogen-bond donors (Lipinski definition) is 0. The monoisotopic (exact) mass is 1250 g/mol. The predicted octanol–water partition coefficient (Wildman–Crippen LogP) is 16.1. The summed E-state index contributed by atoms with van der Waals surface area (Å²) in [6.45, 7) is 13.4. The first-order valence-electron chi connectivity index (χ1n) is 30.6. The van der Waals surface area contributed by atoms with Gasteiger partial charge in [0.15, 0.2) is 11.3 Å². The maximum absolute atomic E-state index is 12.6. The highest BCUT2D eigenvalue weighted by atomic mass is 35.5. The summed E-state index contributed by atoms with van der Waals surface area (Å²) in [7, 11) is 1.40. The van der Waals surface area contributed by atoms with Crippen LogP contribution in [0.3, 0.4) is 0 Å². The second-order valence-electron chi connectivity index (χ2n) is 22.7. The van der Waals surface area contributed by atoms with Crippen molar-refractivity contribution in [1.82, 2.24) is 44.0 Å². The molecule has 6 heterocycles. The topological polar surface area (TPSA) is 153 Å². The summed E-state index contributed by atoms with van der Waals surface area (Å²) in [5, 5.41) is 24.4. The lowest BCUT2D eigenvalue weighted by molar-refractivity contribution is -0.149. The van der Waals surface area contributed by atoms with Gasteiger partial charge in [0, 0.05) is 79.8 Å². The van der Waals surface area contributed by atoms with Gasteiger partial charge in [-0.3, -0.25) is 23.6 Å². The summed E-state index contributed by atoms with van der Waals surface area (Å²) < 4.78 is 23.2. The molecule has 0 spiro atoms. The van der Waals surface area contributed by atoms with Crippen molar-refractivity contribution in [1.29, 1.82) is 0 Å². The molecule has 12 aromatic rings. The lowest BCUT2D eigenvalue weighted by Gasteiger charge is -2.26. The van der Waals surface area contributed by atoms with Crippen LogP contribution in [0.15, 0.2) is 219 Å². The summed E-state index contributed by atoms with van der Waals surface area (Å²) in [6.07, 6.45) is 3.48. The molecule has 0 N–H and O–H groups in total. The van der Waals surface area contributed by atoms with Gasteiger partial charge in [0.05, 0.1) is 49.0 Å². The largest absolute Gasteiger partial charge is 0.496 e. The van der Waals surface area contributed by atoms with Crippen molar-refractivity contribution >= 4 is 84.5 Å². The highest BCUT2D eigenvalue weighted by Crippen LogP contribution is 2.37. The Kier molecular flexibility index (Phi) is 20.0. The second kappa shape index (κ2) is 28.9. The molecule has 462 valence electrons. The number of ether oxygens (including phenoxy) is 3. The van der Waals surface area contributed by atoms with Crippen molar-refractivity contribution in [3.8, 4) is 45.0 Å². The number of ketones is 1. The molecule has 2 saturated heterocycles. The number of hydrogen-bond acceptors (Lipinski definition) is 10. The SMILES string of the molecule is C=C1OCCC1n1nc(-c2ccccc2)c2ccccc21.CCCCC(=O)Cn1nc(-c2ccccc2)c2cc(Cl)ccc21.COC(=O)C(C)(C)n1nc(-c2ccccc2)c2ccccc21.O=C(Cn1nc(-c2ccccc2)c2cc(Cl)ccc21)N1CCOCC1. The van der Waals surface area contributed by atoms with Gasteiger partial charge < -0.3 is 19.1 Å². The van der Waals surface area contributed by atoms with Crippen molar-refractivity contribution in [2.45, 2.75) is 71.1 Å². The van der Waals surface area contributed by atoms with Crippen LogP contribution in [0, 0.1) is 0 Å². The van der Waals surface area contributed by atoms with Crippen LogP contribution in [0.5, 0.6) is 0 Å². The zero-order chi connectivity index (χ0) is 63.4. The summed E-state index contributed by atoms with van der Waals surface area (Å²) in [5.41, 5.74) is 10.8. The minimum Gasteiger partial charge on any atom is -0.496 e. The average Bonchev–Trinajstić information content (AvgIpc) is 1.70. The van der Waals surface area contributed by atoms with Gasteiger partial charge in [0.1, 0.15) is 47.7 Å². The lowest BCUT2D eigenvalue weighted by atomic mass is 10.1. The summed E-state index contributed by atoms with van der Waals surface area (Å²) in [5.74, 6) is 0.760. The fourth-order valence-electron chi connectivity index (χ4n) is 11.4. The molecule has 1 unspecified atom stereocenters. The van der Waals surface area contributed by atoms with Crippen LogP contribution in [0.2, 0.25) is 10.0 Å². The number of nitrogens with zero attached hydrogens (tertiary/aromatic N) is 9. The Bertz CT molecular complexity index is 4500. The first kappa shape index (κ1) is 62.9. The lowest BCUT2D eigenvalue weighted by Crippen LogP contribution is -2.42. The zero-order valence-electron chi connectivity index (χ0n) is 51.4. The Morgan fingerprint density at radius 2 is 1.00 bits per heavy atom. The molecule has 4 aromatic heterocycles. The van der Waals surface area contributed by atoms with Gasteiger partial charge in [-0.2, -0.15) is 20.4 Å². The third kappa shape index (κ3) is 14.2. The molecule has 17 heteroatoms. The van der Waals surface area contributed by atoms with E-state index in [0.29, 0.717) is 49.3 Å². The maximum Gasteiger partial charge on any atom is 0.333 e. The zero-order valence-corrected chi connectivity index (χ0v) is 52.9. The van der Waals surface area contributed by atoms with E-state index in [1.807, 2.05) is 195 Å². The smallest absolute Gasteiger partial charge is 0.333 e. The number of halogens is 2. The van der Waals surface area contributed by atoms with Crippen LogP contribution in [0.1, 0.15) is 52.5 Å². The van der Waals surface area contributed by atoms with Gasteiger partial charge in [-0.05, 0) is 68.8 Å². The molecule has 8 aromatic carbocycles. The molecule has 15 nitrogen and oxygen atoms in total. The van der Waals surface area contributed by atoms with Crippen LogP contribution in [-0.2, 0) is 47.2 Å². The van der Waals surface area contributed by atoms with Gasteiger partial charge in [0.25, 0.3) is 0 Å². The number of carbonyl (C=O) groups excluding carboxylic acids is 3. The standard InChI is InChI=1S/C19H18ClN3O2.C19H19ClN2O.C18H18N2O2.C18H16N2O/c20-15-6-7-17-16(12-15)19(14-4-2-1-3-5-14)21-23(17)13-18(24)22-8-10-25-11-9-22;1-2-3-9-16(23)13-22-18-11-10-15(20)12-17(18)19(21-22)14-7-5-4-6-8-14;1-18(2,17(21)22-3)20-15-12-8-7-11-14(15)16(19-20)13-9-5-4-6-10-13;1-13-16(11-12-21-13)20-17-10-6-5-9-15(17)18(19-20)14-7-3-2-4-8-14/h1-7,12H,8-11,13H2;4-8,10-12H,2-3,9,13H2,1H3;4-12H,1-3H3;2-10,16H,1,11-12H2. The number of carbonyl (C=O) groups is 3. The third-order valence-corrected chi connectivity index (χ3v) is 16.6. The van der Waals surface area contributed by atoms with Crippen molar-refractivity contribution < 1.29 is 28.6 Å². The predicted molar refractivity (Wildman–Crippen MR) is 363 cm³/mol. The van der Waals surface area contributed by atoms with E-state index in [9.17, 15) is 14.4 Å². The van der Waals surface area contributed by atoms with Crippen molar-refractivity contribution in [2.75, 3.05) is 40.0 Å². The van der Waals surface area contributed by atoms with Gasteiger partial charge in [-0.1, -0.05) is 201 Å². The molecular weight excluding hydrogens is 1180 g/mol. The summed E-state index contributed by atoms with van der Waals surface area (Å²) >= 11 is 12.3. The molecule has 1 amide bonds. The number of para-hydroxylation sites is 2. The average molecular weight is 1250 g/mol. The van der Waals surface area contributed by atoms with E-state index in [2.05, 4.69) is 53.6 Å². The van der Waals surface area contributed by atoms with Crippen LogP contribution in [0.25, 0.3) is 88.6 Å². The number of Topliss-reactive ketones (excluding diaryl/α,β-unsaturated/α-hetero) is 1. The number of esters is 1. The molecule has 1 atom stereocenters. The summed E-state index contributed by atoms with van der Waals surface area (Å²) in [4.78, 5) is 38.7. The molecular formula is C74H71Cl2N9O6. The Hall–Kier alpha value is -9.67. The molecule has 0 radical (unpaired) electrons. The molecule has 2 aliphatic rings. The second-order valence-corrected chi connectivity index (χ2v) is 23.6. The molecule has 0 aliphatic carbocycles. The Balaban J connectivity index is 0.000000125. The number of morpholine rings is 1. The molecule has 91 heavy (non-hydrogen) atoms. The van der Waals surface area contributed by atoms with E-state index in [-0.39, 0.29) is 30.2 Å². The number of rotatable bonds is 14. The van der Waals surface area contributed by atoms with E-state index in [4.69, 9.17) is 52.7 Å². The minimum absolute atomic E-state index is 0.0576. The van der Waals surface area contributed by atoms with Gasteiger partial charge in [-0.15, -0.1) is 0 Å². The fourth-order valence-corrected chi connectivity index (χ4v) is 11.8. The third-order valence-electron chi connectivity index (χ3n) is 16.2. The highest BCUT2D eigenvalue weighted by molar-refractivity contribution is 6.32. The van der Waals surface area contributed by atoms with E-state index in [1.54, 1.807) is 14.0 Å². The first-order chi connectivity index (χ1) is 44.3. The van der Waals surface area contributed by atoms with Crippen LogP contribution >= 0.6 is 23.2 Å². The number of methoxy groups -OCH3 is 1.